The second-order valence-corrected chi connectivity index (χ2v) is 8.01. The van der Waals surface area contributed by atoms with Crippen molar-refractivity contribution in [1.82, 2.24) is 20.3 Å². The van der Waals surface area contributed by atoms with Gasteiger partial charge in [-0.05, 0) is 37.3 Å². The molecule has 35 heavy (non-hydrogen) atoms. The molecule has 0 aliphatic carbocycles. The topological polar surface area (TPSA) is 133 Å². The van der Waals surface area contributed by atoms with Gasteiger partial charge in [0.25, 0.3) is 5.91 Å². The van der Waals surface area contributed by atoms with E-state index in [9.17, 15) is 14.4 Å². The van der Waals surface area contributed by atoms with E-state index >= 15 is 0 Å². The van der Waals surface area contributed by atoms with E-state index in [1.54, 1.807) is 48.7 Å². The van der Waals surface area contributed by atoms with Crippen LogP contribution in [0.5, 0.6) is 0 Å². The summed E-state index contributed by atoms with van der Waals surface area (Å²) in [6.45, 7) is 1.77. The molecule has 9 heteroatoms. The van der Waals surface area contributed by atoms with Crippen molar-refractivity contribution in [3.05, 3.63) is 94.5 Å². The Kier molecular flexibility index (Phi) is 5.72. The summed E-state index contributed by atoms with van der Waals surface area (Å²) in [6, 6.07) is 19.8. The number of carbonyl (C=O) groups excluding carboxylic acids is 2. The fourth-order valence-corrected chi connectivity index (χ4v) is 3.69. The van der Waals surface area contributed by atoms with Gasteiger partial charge in [0.15, 0.2) is 5.76 Å². The molecule has 174 valence electrons. The molecule has 9 nitrogen and oxygen atoms in total. The lowest BCUT2D eigenvalue weighted by Crippen LogP contribution is -2.33. The first-order chi connectivity index (χ1) is 17.0. The summed E-state index contributed by atoms with van der Waals surface area (Å²) in [4.78, 5) is 46.3. The van der Waals surface area contributed by atoms with Crippen LogP contribution < -0.4 is 16.3 Å². The van der Waals surface area contributed by atoms with E-state index in [1.165, 1.54) is 0 Å². The number of H-pyrrole nitrogens is 2. The molecular weight excluding hydrogens is 446 g/mol. The molecule has 5 aromatic rings. The molecule has 0 bridgehead atoms. The van der Waals surface area contributed by atoms with Crippen molar-refractivity contribution in [3.63, 3.8) is 0 Å². The number of hydrogen-bond donors (Lipinski definition) is 4. The standard InChI is InChI=1S/C26H21N5O4/c1-15-6-8-16(9-7-15)22-13-28-25(35-22)19-5-3-2-4-18(19)24(33)27-14-23(32)29-17-10-11-20-21(12-17)31-26(34)30-20/h2-13H,14H2,1H3,(H,27,33)(H,29,32)(H2,30,31,34). The van der Waals surface area contributed by atoms with Crippen molar-refractivity contribution in [2.75, 3.05) is 11.9 Å². The molecule has 0 aliphatic heterocycles. The molecule has 0 fully saturated rings. The third-order valence-electron chi connectivity index (χ3n) is 5.45. The van der Waals surface area contributed by atoms with Crippen LogP contribution in [-0.2, 0) is 4.79 Å². The summed E-state index contributed by atoms with van der Waals surface area (Å²) in [5.74, 6) is 0.0574. The highest BCUT2D eigenvalue weighted by Gasteiger charge is 2.17. The molecule has 5 rings (SSSR count). The first-order valence-corrected chi connectivity index (χ1v) is 10.9. The summed E-state index contributed by atoms with van der Waals surface area (Å²) in [5, 5.41) is 5.33. The number of benzene rings is 3. The van der Waals surface area contributed by atoms with Gasteiger partial charge in [0.2, 0.25) is 11.8 Å². The lowest BCUT2D eigenvalue weighted by molar-refractivity contribution is -0.115. The number of carbonyl (C=O) groups is 2. The Hall–Kier alpha value is -4.92. The maximum atomic E-state index is 12.9. The number of anilines is 1. The molecule has 2 aromatic heterocycles. The number of fused-ring (bicyclic) bond motifs is 1. The molecule has 0 radical (unpaired) electrons. The average Bonchev–Trinajstić information content (AvgIpc) is 3.49. The monoisotopic (exact) mass is 467 g/mol. The minimum absolute atomic E-state index is 0.241. The van der Waals surface area contributed by atoms with Crippen LogP contribution in [0.25, 0.3) is 33.8 Å². The van der Waals surface area contributed by atoms with E-state index in [-0.39, 0.29) is 12.2 Å². The van der Waals surface area contributed by atoms with Crippen molar-refractivity contribution < 1.29 is 14.0 Å². The fraction of sp³-hybridized carbons (Fsp3) is 0.0769. The molecule has 4 N–H and O–H groups in total. The zero-order valence-corrected chi connectivity index (χ0v) is 18.7. The van der Waals surface area contributed by atoms with Gasteiger partial charge in [0.1, 0.15) is 0 Å². The predicted molar refractivity (Wildman–Crippen MR) is 132 cm³/mol. The summed E-state index contributed by atoms with van der Waals surface area (Å²) in [5.41, 5.74) is 4.25. The maximum Gasteiger partial charge on any atom is 0.323 e. The summed E-state index contributed by atoms with van der Waals surface area (Å²) >= 11 is 0. The van der Waals surface area contributed by atoms with Crippen LogP contribution in [0, 0.1) is 6.92 Å². The highest BCUT2D eigenvalue weighted by molar-refractivity contribution is 6.03. The minimum Gasteiger partial charge on any atom is -0.436 e. The number of imidazole rings is 1. The van der Waals surface area contributed by atoms with Crippen molar-refractivity contribution in [2.24, 2.45) is 0 Å². The largest absolute Gasteiger partial charge is 0.436 e. The average molecular weight is 467 g/mol. The van der Waals surface area contributed by atoms with Crippen LogP contribution in [0.2, 0.25) is 0 Å². The van der Waals surface area contributed by atoms with Gasteiger partial charge in [-0.15, -0.1) is 0 Å². The maximum absolute atomic E-state index is 12.9. The van der Waals surface area contributed by atoms with Gasteiger partial charge in [-0.1, -0.05) is 42.0 Å². The third-order valence-corrected chi connectivity index (χ3v) is 5.45. The fourth-order valence-electron chi connectivity index (χ4n) is 3.69. The molecule has 0 unspecified atom stereocenters. The summed E-state index contributed by atoms with van der Waals surface area (Å²) in [7, 11) is 0. The van der Waals surface area contributed by atoms with Crippen molar-refractivity contribution >= 4 is 28.5 Å². The van der Waals surface area contributed by atoms with Crippen LogP contribution in [0.15, 0.2) is 82.1 Å². The molecule has 0 atom stereocenters. The van der Waals surface area contributed by atoms with E-state index in [2.05, 4.69) is 25.6 Å². The Labute approximate surface area is 199 Å². The Morgan fingerprint density at radius 3 is 2.57 bits per heavy atom. The van der Waals surface area contributed by atoms with Crippen LogP contribution in [-0.4, -0.2) is 33.3 Å². The van der Waals surface area contributed by atoms with Crippen LogP contribution >= 0.6 is 0 Å². The number of nitrogens with zero attached hydrogens (tertiary/aromatic N) is 1. The molecule has 0 saturated heterocycles. The Morgan fingerprint density at radius 2 is 1.74 bits per heavy atom. The number of aryl methyl sites for hydroxylation is 1. The normalized spacial score (nSPS) is 10.9. The lowest BCUT2D eigenvalue weighted by atomic mass is 10.1. The number of aromatic nitrogens is 3. The zero-order chi connectivity index (χ0) is 24.4. The van der Waals surface area contributed by atoms with Gasteiger partial charge in [0, 0.05) is 16.8 Å². The van der Waals surface area contributed by atoms with Crippen LogP contribution in [0.3, 0.4) is 0 Å². The molecule has 0 spiro atoms. The van der Waals surface area contributed by atoms with Gasteiger partial charge in [-0.3, -0.25) is 9.59 Å². The van der Waals surface area contributed by atoms with Gasteiger partial charge >= 0.3 is 5.69 Å². The van der Waals surface area contributed by atoms with E-state index < -0.39 is 11.8 Å². The molecular formula is C26H21N5O4. The molecule has 2 amide bonds. The number of amides is 2. The number of rotatable bonds is 6. The second kappa shape index (κ2) is 9.14. The van der Waals surface area contributed by atoms with Crippen LogP contribution in [0.1, 0.15) is 15.9 Å². The third kappa shape index (κ3) is 4.74. The van der Waals surface area contributed by atoms with Crippen molar-refractivity contribution in [1.29, 1.82) is 0 Å². The highest BCUT2D eigenvalue weighted by Crippen LogP contribution is 2.28. The van der Waals surface area contributed by atoms with Gasteiger partial charge in [-0.2, -0.15) is 0 Å². The van der Waals surface area contributed by atoms with Gasteiger partial charge < -0.3 is 25.0 Å². The Balaban J connectivity index is 1.27. The molecule has 3 aromatic carbocycles. The quantitative estimate of drug-likeness (QED) is 0.301. The highest BCUT2D eigenvalue weighted by atomic mass is 16.4. The lowest BCUT2D eigenvalue weighted by Gasteiger charge is -2.09. The Bertz CT molecular complexity index is 1590. The zero-order valence-electron chi connectivity index (χ0n) is 18.7. The second-order valence-electron chi connectivity index (χ2n) is 8.01. The van der Waals surface area contributed by atoms with E-state index in [1.807, 2.05) is 31.2 Å². The molecule has 0 saturated carbocycles. The van der Waals surface area contributed by atoms with Crippen molar-refractivity contribution in [3.8, 4) is 22.8 Å². The number of nitrogens with one attached hydrogen (secondary N) is 4. The van der Waals surface area contributed by atoms with Crippen molar-refractivity contribution in [2.45, 2.75) is 6.92 Å². The van der Waals surface area contributed by atoms with Gasteiger partial charge in [-0.25, -0.2) is 9.78 Å². The minimum atomic E-state index is -0.434. The summed E-state index contributed by atoms with van der Waals surface area (Å²) in [6.07, 6.45) is 1.62. The smallest absolute Gasteiger partial charge is 0.323 e. The van der Waals surface area contributed by atoms with E-state index in [0.29, 0.717) is 39.5 Å². The number of oxazole rings is 1. The predicted octanol–water partition coefficient (Wildman–Crippen LogP) is 3.86. The molecule has 0 aliphatic rings. The van der Waals surface area contributed by atoms with E-state index in [4.69, 9.17) is 4.42 Å². The number of hydrogen-bond acceptors (Lipinski definition) is 5. The Morgan fingerprint density at radius 1 is 0.971 bits per heavy atom. The molecule has 2 heterocycles. The number of aromatic amines is 2. The summed E-state index contributed by atoms with van der Waals surface area (Å²) < 4.78 is 5.93. The van der Waals surface area contributed by atoms with Crippen LogP contribution in [0.4, 0.5) is 5.69 Å². The first-order valence-electron chi connectivity index (χ1n) is 10.9. The van der Waals surface area contributed by atoms with Gasteiger partial charge in [0.05, 0.1) is 29.3 Å². The van der Waals surface area contributed by atoms with E-state index in [0.717, 1.165) is 11.1 Å². The first kappa shape index (κ1) is 21.9. The SMILES string of the molecule is Cc1ccc(-c2cnc(-c3ccccc3C(=O)NCC(=O)Nc3ccc4[nH]c(=O)[nH]c4c3)o2)cc1.